The number of phenols is 1. The van der Waals surface area contributed by atoms with Gasteiger partial charge in [-0.25, -0.2) is 0 Å². The average molecular weight is 332 g/mol. The predicted octanol–water partition coefficient (Wildman–Crippen LogP) is 2.38. The maximum absolute atomic E-state index is 12.9. The minimum atomic E-state index is -0.279. The molecule has 0 spiro atoms. The van der Waals surface area contributed by atoms with Gasteiger partial charge in [-0.3, -0.25) is 9.69 Å². The molecule has 0 saturated carbocycles. The Labute approximate surface area is 144 Å². The molecule has 0 aromatic heterocycles. The number of hydrogen-bond donors (Lipinski definition) is 1. The zero-order chi connectivity index (χ0) is 16.9. The summed E-state index contributed by atoms with van der Waals surface area (Å²) >= 11 is 0. The highest BCUT2D eigenvalue weighted by Gasteiger charge is 2.32. The summed E-state index contributed by atoms with van der Waals surface area (Å²) in [6.07, 6.45) is 3.87. The van der Waals surface area contributed by atoms with Gasteiger partial charge in [0.25, 0.3) is 5.91 Å². The van der Waals surface area contributed by atoms with E-state index in [1.165, 1.54) is 6.42 Å². The molecule has 2 aliphatic rings. The Hall–Kier alpha value is -1.59. The molecule has 2 atom stereocenters. The van der Waals surface area contributed by atoms with Crippen LogP contribution >= 0.6 is 0 Å². The molecule has 1 amide bonds. The predicted molar refractivity (Wildman–Crippen MR) is 92.8 cm³/mol. The number of phenolic OH excluding ortho intramolecular Hbond substituents is 1. The number of likely N-dealkylation sites (N-methyl/N-ethyl adjacent to an activating group) is 1. The quantitative estimate of drug-likeness (QED) is 0.869. The van der Waals surface area contributed by atoms with Gasteiger partial charge in [-0.1, -0.05) is 19.1 Å². The van der Waals surface area contributed by atoms with E-state index in [2.05, 4.69) is 11.8 Å². The van der Waals surface area contributed by atoms with Crippen molar-refractivity contribution < 1.29 is 14.6 Å². The van der Waals surface area contributed by atoms with Crippen LogP contribution in [-0.4, -0.2) is 59.2 Å². The van der Waals surface area contributed by atoms with E-state index in [1.807, 2.05) is 17.0 Å². The van der Waals surface area contributed by atoms with Crippen LogP contribution in [0.3, 0.4) is 0 Å². The smallest absolute Gasteiger partial charge is 0.252 e. The van der Waals surface area contributed by atoms with Crippen LogP contribution < -0.4 is 0 Å². The molecule has 3 rings (SSSR count). The van der Waals surface area contributed by atoms with Crippen LogP contribution in [0.15, 0.2) is 24.3 Å². The van der Waals surface area contributed by atoms with Crippen molar-refractivity contribution >= 4 is 5.91 Å². The van der Waals surface area contributed by atoms with E-state index in [1.54, 1.807) is 12.1 Å². The minimum Gasteiger partial charge on any atom is -0.508 e. The van der Waals surface area contributed by atoms with Gasteiger partial charge in [-0.15, -0.1) is 0 Å². The second-order valence-corrected chi connectivity index (χ2v) is 6.81. The van der Waals surface area contributed by atoms with Gasteiger partial charge in [-0.05, 0) is 56.5 Å². The molecule has 2 heterocycles. The molecule has 5 heteroatoms. The number of rotatable bonds is 6. The van der Waals surface area contributed by atoms with Gasteiger partial charge in [0.05, 0.1) is 0 Å². The van der Waals surface area contributed by atoms with E-state index in [-0.39, 0.29) is 17.8 Å². The second kappa shape index (κ2) is 7.99. The third kappa shape index (κ3) is 4.08. The normalized spacial score (nSPS) is 24.4. The molecule has 0 bridgehead atoms. The van der Waals surface area contributed by atoms with Crippen molar-refractivity contribution in [3.63, 3.8) is 0 Å². The SMILES string of the molecule is CCN1CCCC1CN(Cc1ccc(O)cc1)C(=O)C1CCCO1. The van der Waals surface area contributed by atoms with Crippen LogP contribution in [0.5, 0.6) is 5.75 Å². The van der Waals surface area contributed by atoms with Crippen molar-refractivity contribution in [3.8, 4) is 5.75 Å². The number of hydrogen-bond acceptors (Lipinski definition) is 4. The number of benzene rings is 1. The van der Waals surface area contributed by atoms with Crippen molar-refractivity contribution in [1.29, 1.82) is 0 Å². The number of likely N-dealkylation sites (tertiary alicyclic amines) is 1. The van der Waals surface area contributed by atoms with Crippen LogP contribution in [0.1, 0.15) is 38.2 Å². The van der Waals surface area contributed by atoms with Crippen LogP contribution in [0.2, 0.25) is 0 Å². The van der Waals surface area contributed by atoms with Crippen LogP contribution in [0.25, 0.3) is 0 Å². The first-order chi connectivity index (χ1) is 11.7. The summed E-state index contributed by atoms with van der Waals surface area (Å²) in [5.74, 6) is 0.368. The lowest BCUT2D eigenvalue weighted by Crippen LogP contribution is -2.46. The standard InChI is InChI=1S/C19H28N2O3/c1-2-20-11-3-5-16(20)14-21(19(23)18-6-4-12-24-18)13-15-7-9-17(22)10-8-15/h7-10,16,18,22H,2-6,11-14H2,1H3. The number of carbonyl (C=O) groups is 1. The molecule has 2 fully saturated rings. The second-order valence-electron chi connectivity index (χ2n) is 6.81. The van der Waals surface area contributed by atoms with E-state index >= 15 is 0 Å². The Balaban J connectivity index is 1.72. The molecule has 1 aromatic rings. The van der Waals surface area contributed by atoms with Crippen molar-refractivity contribution in [2.75, 3.05) is 26.2 Å². The number of aromatic hydroxyl groups is 1. The molecule has 2 aliphatic heterocycles. The topological polar surface area (TPSA) is 53.0 Å². The zero-order valence-electron chi connectivity index (χ0n) is 14.5. The highest BCUT2D eigenvalue weighted by molar-refractivity contribution is 5.81. The van der Waals surface area contributed by atoms with E-state index in [0.29, 0.717) is 19.2 Å². The first-order valence-corrected chi connectivity index (χ1v) is 9.09. The summed E-state index contributed by atoms with van der Waals surface area (Å²) in [6, 6.07) is 7.57. The Morgan fingerprint density at radius 3 is 2.75 bits per heavy atom. The molecule has 5 nitrogen and oxygen atoms in total. The Morgan fingerprint density at radius 2 is 2.08 bits per heavy atom. The average Bonchev–Trinajstić information content (AvgIpc) is 3.27. The fourth-order valence-electron chi connectivity index (χ4n) is 3.80. The van der Waals surface area contributed by atoms with E-state index < -0.39 is 0 Å². The minimum absolute atomic E-state index is 0.114. The largest absolute Gasteiger partial charge is 0.508 e. The maximum Gasteiger partial charge on any atom is 0.252 e. The lowest BCUT2D eigenvalue weighted by Gasteiger charge is -2.31. The molecule has 0 radical (unpaired) electrons. The zero-order valence-corrected chi connectivity index (χ0v) is 14.5. The van der Waals surface area contributed by atoms with E-state index in [9.17, 15) is 9.90 Å². The van der Waals surface area contributed by atoms with Crippen LogP contribution in [0.4, 0.5) is 0 Å². The monoisotopic (exact) mass is 332 g/mol. The summed E-state index contributed by atoms with van der Waals surface area (Å²) in [5, 5.41) is 9.46. The number of carbonyl (C=O) groups excluding carboxylic acids is 1. The third-order valence-electron chi connectivity index (χ3n) is 5.16. The van der Waals surface area contributed by atoms with Gasteiger partial charge in [0.15, 0.2) is 0 Å². The molecule has 132 valence electrons. The van der Waals surface area contributed by atoms with Crippen molar-refractivity contribution in [2.45, 2.75) is 51.3 Å². The highest BCUT2D eigenvalue weighted by atomic mass is 16.5. The first kappa shape index (κ1) is 17.2. The van der Waals surface area contributed by atoms with Gasteiger partial charge in [0.2, 0.25) is 0 Å². The van der Waals surface area contributed by atoms with E-state index in [4.69, 9.17) is 4.74 Å². The molecule has 2 unspecified atom stereocenters. The molecule has 24 heavy (non-hydrogen) atoms. The summed E-state index contributed by atoms with van der Waals surface area (Å²) in [7, 11) is 0. The Bertz CT molecular complexity index is 540. The van der Waals surface area contributed by atoms with Crippen molar-refractivity contribution in [3.05, 3.63) is 29.8 Å². The van der Waals surface area contributed by atoms with E-state index in [0.717, 1.165) is 44.5 Å². The summed E-state index contributed by atoms with van der Waals surface area (Å²) in [6.45, 7) is 6.37. The summed E-state index contributed by atoms with van der Waals surface area (Å²) < 4.78 is 5.63. The lowest BCUT2D eigenvalue weighted by molar-refractivity contribution is -0.142. The Kier molecular flexibility index (Phi) is 5.74. The number of amides is 1. The fourth-order valence-corrected chi connectivity index (χ4v) is 3.80. The highest BCUT2D eigenvalue weighted by Crippen LogP contribution is 2.22. The molecular formula is C19H28N2O3. The molecule has 0 aliphatic carbocycles. The van der Waals surface area contributed by atoms with Gasteiger partial charge >= 0.3 is 0 Å². The van der Waals surface area contributed by atoms with Crippen molar-refractivity contribution in [1.82, 2.24) is 9.80 Å². The molecule has 1 aromatic carbocycles. The number of ether oxygens (including phenoxy) is 1. The van der Waals surface area contributed by atoms with Gasteiger partial charge in [0.1, 0.15) is 11.9 Å². The summed E-state index contributed by atoms with van der Waals surface area (Å²) in [4.78, 5) is 17.4. The maximum atomic E-state index is 12.9. The molecular weight excluding hydrogens is 304 g/mol. The third-order valence-corrected chi connectivity index (χ3v) is 5.16. The number of nitrogens with zero attached hydrogens (tertiary/aromatic N) is 2. The summed E-state index contributed by atoms with van der Waals surface area (Å²) in [5.41, 5.74) is 1.04. The van der Waals surface area contributed by atoms with Gasteiger partial charge in [-0.2, -0.15) is 0 Å². The van der Waals surface area contributed by atoms with Crippen LogP contribution in [0, 0.1) is 0 Å². The Morgan fingerprint density at radius 1 is 1.29 bits per heavy atom. The molecule has 2 saturated heterocycles. The van der Waals surface area contributed by atoms with Gasteiger partial charge < -0.3 is 14.7 Å². The van der Waals surface area contributed by atoms with Crippen LogP contribution in [-0.2, 0) is 16.1 Å². The van der Waals surface area contributed by atoms with Crippen molar-refractivity contribution in [2.24, 2.45) is 0 Å². The lowest BCUT2D eigenvalue weighted by atomic mass is 10.1. The fraction of sp³-hybridized carbons (Fsp3) is 0.632. The first-order valence-electron chi connectivity index (χ1n) is 9.09. The molecule has 1 N–H and O–H groups in total. The van der Waals surface area contributed by atoms with Gasteiger partial charge in [0, 0.05) is 25.7 Å².